The topological polar surface area (TPSA) is 18.5 Å². The fourth-order valence-electron chi connectivity index (χ4n) is 7.71. The first kappa shape index (κ1) is 12.9. The normalized spacial score (nSPS) is 62.2. The molecule has 1 aliphatic heterocycles. The van der Waals surface area contributed by atoms with Crippen LogP contribution >= 0.6 is 12.2 Å². The number of rotatable bonds is 0. The van der Waals surface area contributed by atoms with Gasteiger partial charge in [0.05, 0.1) is 0 Å². The van der Waals surface area contributed by atoms with E-state index >= 15 is 0 Å². The van der Waals surface area contributed by atoms with Crippen molar-refractivity contribution in [3.05, 3.63) is 48.6 Å². The minimum atomic E-state index is -0.252. The summed E-state index contributed by atoms with van der Waals surface area (Å²) in [5.74, 6) is 4.66. The molecule has 3 fully saturated rings. The molecule has 2 spiro atoms. The summed E-state index contributed by atoms with van der Waals surface area (Å²) in [5.41, 5.74) is -0.505. The van der Waals surface area contributed by atoms with E-state index in [4.69, 9.17) is 21.7 Å². The first-order valence-electron chi connectivity index (χ1n) is 9.37. The van der Waals surface area contributed by atoms with Crippen LogP contribution < -0.4 is 0 Å². The van der Waals surface area contributed by atoms with Gasteiger partial charge in [-0.2, -0.15) is 0 Å². The summed E-state index contributed by atoms with van der Waals surface area (Å²) in [6, 6.07) is 0. The van der Waals surface area contributed by atoms with Gasteiger partial charge in [0, 0.05) is 24.1 Å². The highest BCUT2D eigenvalue weighted by Crippen LogP contribution is 2.71. The highest BCUT2D eigenvalue weighted by Gasteiger charge is 2.77. The zero-order valence-electron chi connectivity index (χ0n) is 13.4. The van der Waals surface area contributed by atoms with Crippen LogP contribution in [-0.4, -0.2) is 16.4 Å². The Morgan fingerprint density at radius 1 is 0.708 bits per heavy atom. The third-order valence-corrected chi connectivity index (χ3v) is 8.52. The number of thiocarbonyl (C=S) groups is 1. The molecular formula is C21H20O2S. The van der Waals surface area contributed by atoms with Gasteiger partial charge in [0.1, 0.15) is 0 Å². The minimum Gasteiger partial charge on any atom is -0.445 e. The standard InChI is InChI=1S/C21H20O2S/c24-19-22-20(9-13-3-1-11-5-7-15(20)17(11)13)21(23-19)10-14-4-2-12-6-8-16(21)18(12)14/h1-8,11-18H,9-10H2/t11-,12-,13+,14+,15-,16-,17-,18-,20+,21+/m1/s1. The van der Waals surface area contributed by atoms with E-state index < -0.39 is 0 Å². The maximum atomic E-state index is 6.50. The monoisotopic (exact) mass is 336 g/mol. The zero-order valence-corrected chi connectivity index (χ0v) is 14.2. The lowest BCUT2D eigenvalue weighted by atomic mass is 9.68. The Morgan fingerprint density at radius 2 is 1.17 bits per heavy atom. The van der Waals surface area contributed by atoms with Gasteiger partial charge in [0.15, 0.2) is 11.2 Å². The fraction of sp³-hybridized carbons (Fsp3) is 0.571. The van der Waals surface area contributed by atoms with Crippen molar-refractivity contribution < 1.29 is 9.47 Å². The Balaban J connectivity index is 1.43. The van der Waals surface area contributed by atoms with E-state index in [0.717, 1.165) is 12.8 Å². The highest BCUT2D eigenvalue weighted by atomic mass is 32.1. The average molecular weight is 336 g/mol. The Hall–Kier alpha value is -1.35. The van der Waals surface area contributed by atoms with E-state index in [2.05, 4.69) is 48.6 Å². The van der Waals surface area contributed by atoms with Gasteiger partial charge >= 0.3 is 5.24 Å². The molecule has 0 amide bonds. The van der Waals surface area contributed by atoms with Crippen LogP contribution in [0, 0.1) is 47.3 Å². The Labute approximate surface area is 147 Å². The number of allylic oxidation sites excluding steroid dienone is 6. The van der Waals surface area contributed by atoms with Crippen LogP contribution in [0.3, 0.4) is 0 Å². The lowest BCUT2D eigenvalue weighted by Gasteiger charge is -2.43. The van der Waals surface area contributed by atoms with Crippen molar-refractivity contribution in [3.8, 4) is 0 Å². The largest absolute Gasteiger partial charge is 0.445 e. The molecule has 6 aliphatic carbocycles. The fourth-order valence-corrected chi connectivity index (χ4v) is 8.01. The summed E-state index contributed by atoms with van der Waals surface area (Å²) < 4.78 is 13.0. The maximum Gasteiger partial charge on any atom is 0.353 e. The predicted octanol–water partition coefficient (Wildman–Crippen LogP) is 3.81. The average Bonchev–Trinajstić information content (AvgIpc) is 3.32. The number of fused-ring (bicyclic) bond motifs is 3. The molecule has 1 saturated heterocycles. The Kier molecular flexibility index (Phi) is 2.02. The van der Waals surface area contributed by atoms with E-state index in [1.165, 1.54) is 0 Å². The molecule has 0 aromatic rings. The molecule has 10 atom stereocenters. The first-order chi connectivity index (χ1) is 11.7. The molecule has 0 N–H and O–H groups in total. The van der Waals surface area contributed by atoms with Gasteiger partial charge in [0.2, 0.25) is 0 Å². The summed E-state index contributed by atoms with van der Waals surface area (Å²) in [6.45, 7) is 0. The molecular weight excluding hydrogens is 316 g/mol. The lowest BCUT2D eigenvalue weighted by molar-refractivity contribution is -0.0861. The Bertz CT molecular complexity index is 730. The second kappa shape index (κ2) is 3.75. The quantitative estimate of drug-likeness (QED) is 0.495. The molecule has 3 heteroatoms. The molecule has 2 saturated carbocycles. The second-order valence-corrected chi connectivity index (χ2v) is 9.20. The summed E-state index contributed by atoms with van der Waals surface area (Å²) in [7, 11) is 0. The van der Waals surface area contributed by atoms with Crippen molar-refractivity contribution in [2.45, 2.75) is 24.0 Å². The number of hydrogen-bond donors (Lipinski definition) is 0. The number of ether oxygens (including phenoxy) is 2. The van der Waals surface area contributed by atoms with Gasteiger partial charge in [-0.25, -0.2) is 0 Å². The van der Waals surface area contributed by atoms with E-state index in [1.54, 1.807) is 0 Å². The molecule has 7 rings (SSSR count). The van der Waals surface area contributed by atoms with Crippen molar-refractivity contribution in [2.24, 2.45) is 47.3 Å². The van der Waals surface area contributed by atoms with Gasteiger partial charge < -0.3 is 9.47 Å². The van der Waals surface area contributed by atoms with E-state index in [9.17, 15) is 0 Å². The summed E-state index contributed by atoms with van der Waals surface area (Å²) in [6.07, 6.45) is 21.5. The Morgan fingerprint density at radius 3 is 1.67 bits per heavy atom. The zero-order chi connectivity index (χ0) is 15.7. The van der Waals surface area contributed by atoms with Crippen LogP contribution in [0.15, 0.2) is 48.6 Å². The molecule has 0 unspecified atom stereocenters. The van der Waals surface area contributed by atoms with Gasteiger partial charge in [-0.05, 0) is 48.3 Å². The molecule has 7 aliphatic rings. The van der Waals surface area contributed by atoms with Gasteiger partial charge in [-0.3, -0.25) is 0 Å². The van der Waals surface area contributed by atoms with E-state index in [-0.39, 0.29) is 11.2 Å². The molecule has 122 valence electrons. The molecule has 24 heavy (non-hydrogen) atoms. The SMILES string of the molecule is S=C1O[C@]2(C[C@@H]3C=C[C@@H]4C=C[C@@H]2[C@H]43)[C@@]2(C[C@@H]3C=C[C@@H]4C=C[C@@H]2[C@H]43)O1. The van der Waals surface area contributed by atoms with Crippen LogP contribution in [0.25, 0.3) is 0 Å². The molecule has 0 aromatic carbocycles. The van der Waals surface area contributed by atoms with Gasteiger partial charge in [-0.1, -0.05) is 48.6 Å². The predicted molar refractivity (Wildman–Crippen MR) is 93.9 cm³/mol. The van der Waals surface area contributed by atoms with Crippen LogP contribution in [0.5, 0.6) is 0 Å². The van der Waals surface area contributed by atoms with E-state index in [1.807, 2.05) is 0 Å². The van der Waals surface area contributed by atoms with Gasteiger partial charge in [0.25, 0.3) is 0 Å². The van der Waals surface area contributed by atoms with Crippen molar-refractivity contribution in [3.63, 3.8) is 0 Å². The van der Waals surface area contributed by atoms with Crippen LogP contribution in [0.2, 0.25) is 0 Å². The summed E-state index contributed by atoms with van der Waals surface area (Å²) >= 11 is 5.50. The van der Waals surface area contributed by atoms with Crippen molar-refractivity contribution in [2.75, 3.05) is 0 Å². The first-order valence-corrected chi connectivity index (χ1v) is 9.78. The molecule has 1 heterocycles. The smallest absolute Gasteiger partial charge is 0.353 e. The van der Waals surface area contributed by atoms with E-state index in [0.29, 0.717) is 52.6 Å². The third-order valence-electron chi connectivity index (χ3n) is 8.35. The van der Waals surface area contributed by atoms with Crippen molar-refractivity contribution in [1.82, 2.24) is 0 Å². The van der Waals surface area contributed by atoms with Crippen LogP contribution in [0.4, 0.5) is 0 Å². The maximum absolute atomic E-state index is 6.50. The molecule has 0 radical (unpaired) electrons. The molecule has 0 aromatic heterocycles. The van der Waals surface area contributed by atoms with Crippen LogP contribution in [-0.2, 0) is 9.47 Å². The molecule has 0 bridgehead atoms. The lowest BCUT2D eigenvalue weighted by Crippen LogP contribution is -2.56. The second-order valence-electron chi connectivity index (χ2n) is 8.87. The molecule has 2 nitrogen and oxygen atoms in total. The minimum absolute atomic E-state index is 0.252. The highest BCUT2D eigenvalue weighted by molar-refractivity contribution is 7.79. The number of hydrogen-bond acceptors (Lipinski definition) is 3. The van der Waals surface area contributed by atoms with Crippen molar-refractivity contribution >= 4 is 17.5 Å². The third kappa shape index (κ3) is 1.14. The van der Waals surface area contributed by atoms with Crippen LogP contribution in [0.1, 0.15) is 12.8 Å². The summed E-state index contributed by atoms with van der Waals surface area (Å²) in [4.78, 5) is 0. The summed E-state index contributed by atoms with van der Waals surface area (Å²) in [5, 5.41) is 0.400. The van der Waals surface area contributed by atoms with Crippen molar-refractivity contribution in [1.29, 1.82) is 0 Å². The van der Waals surface area contributed by atoms with Gasteiger partial charge in [-0.15, -0.1) is 0 Å².